The molecular weight excluding hydrogens is 823 g/mol. The van der Waals surface area contributed by atoms with Gasteiger partial charge in [0.05, 0.1) is 22.0 Å². The number of rotatable bonds is 13. The molecule has 2 aromatic carbocycles. The average molecular weight is 875 g/mol. The van der Waals surface area contributed by atoms with Gasteiger partial charge in [-0.25, -0.2) is 14.6 Å². The van der Waals surface area contributed by atoms with Gasteiger partial charge >= 0.3 is 0 Å². The van der Waals surface area contributed by atoms with Gasteiger partial charge in [0.2, 0.25) is 11.8 Å². The van der Waals surface area contributed by atoms with Crippen LogP contribution in [0.5, 0.6) is 11.5 Å². The molecule has 3 aromatic heterocycles. The highest BCUT2D eigenvalue weighted by molar-refractivity contribution is 8.27. The fourth-order valence-electron chi connectivity index (χ4n) is 9.06. The van der Waals surface area contributed by atoms with Crippen molar-refractivity contribution in [3.05, 3.63) is 124 Å². The number of allylic oxidation sites excluding steroid dienone is 4. The maximum absolute atomic E-state index is 15.8. The van der Waals surface area contributed by atoms with Crippen LogP contribution in [0, 0.1) is 0 Å². The molecule has 0 bridgehead atoms. The van der Waals surface area contributed by atoms with Gasteiger partial charge in [0.1, 0.15) is 29.3 Å². The first-order chi connectivity index (χ1) is 30.5. The fourth-order valence-corrected chi connectivity index (χ4v) is 11.0. The Morgan fingerprint density at radius 3 is 2.49 bits per heavy atom. The molecule has 5 aromatic rings. The maximum atomic E-state index is 15.8. The number of nitrogens with two attached hydrogens (primary N) is 1. The third kappa shape index (κ3) is 8.79. The highest BCUT2D eigenvalue weighted by Crippen LogP contribution is 2.68. The van der Waals surface area contributed by atoms with Crippen LogP contribution in [-0.2, 0) is 16.0 Å². The van der Waals surface area contributed by atoms with E-state index in [2.05, 4.69) is 25.1 Å². The molecule has 2 fully saturated rings. The number of amides is 2. The Balaban J connectivity index is 0.723. The Bertz CT molecular complexity index is 2650. The van der Waals surface area contributed by atoms with Crippen LogP contribution in [0.1, 0.15) is 50.5 Å². The van der Waals surface area contributed by atoms with Crippen molar-refractivity contribution in [1.29, 1.82) is 0 Å². The van der Waals surface area contributed by atoms with E-state index in [1.807, 2.05) is 89.3 Å². The van der Waals surface area contributed by atoms with Crippen molar-refractivity contribution in [2.24, 2.45) is 0 Å². The minimum absolute atomic E-state index is 0.0274. The minimum atomic E-state index is -4.22. The number of carbonyl (C=O) groups excluding carboxylic acids is 2. The first-order valence-electron chi connectivity index (χ1n) is 21.6. The lowest BCUT2D eigenvalue weighted by molar-refractivity contribution is -0.127. The second-order valence-electron chi connectivity index (χ2n) is 16.5. The van der Waals surface area contributed by atoms with Gasteiger partial charge in [-0.3, -0.25) is 23.4 Å². The third-order valence-corrected chi connectivity index (χ3v) is 14.2. The van der Waals surface area contributed by atoms with Crippen LogP contribution >= 0.6 is 11.0 Å². The summed E-state index contributed by atoms with van der Waals surface area (Å²) in [4.78, 5) is 41.8. The number of halogens is 2. The molecule has 0 saturated carbocycles. The van der Waals surface area contributed by atoms with E-state index in [1.165, 1.54) is 10.3 Å². The summed E-state index contributed by atoms with van der Waals surface area (Å²) in [5, 5.41) is 8.70. The molecule has 13 nitrogen and oxygen atoms in total. The van der Waals surface area contributed by atoms with Gasteiger partial charge in [-0.2, -0.15) is 5.10 Å². The number of likely N-dealkylation sites (tertiary alicyclic amines) is 1. The molecular formula is C47H52F2N10O3S. The molecule has 63 heavy (non-hydrogen) atoms. The van der Waals surface area contributed by atoms with E-state index in [0.29, 0.717) is 83.6 Å². The first kappa shape index (κ1) is 42.2. The molecule has 3 aliphatic heterocycles. The highest BCUT2D eigenvalue weighted by Gasteiger charge is 2.42. The Labute approximate surface area is 367 Å². The minimum Gasteiger partial charge on any atom is -0.457 e. The van der Waals surface area contributed by atoms with E-state index in [9.17, 15) is 9.59 Å². The summed E-state index contributed by atoms with van der Waals surface area (Å²) in [6, 6.07) is 20.7. The number of para-hydroxylation sites is 1. The van der Waals surface area contributed by atoms with Gasteiger partial charge < -0.3 is 20.7 Å². The van der Waals surface area contributed by atoms with Crippen molar-refractivity contribution in [3.8, 4) is 22.8 Å². The Kier molecular flexibility index (Phi) is 12.0. The third-order valence-electron chi connectivity index (χ3n) is 12.3. The number of aromatic nitrogens is 5. The van der Waals surface area contributed by atoms with Gasteiger partial charge in [0, 0.05) is 82.7 Å². The molecule has 0 radical (unpaired) electrons. The smallest absolute Gasteiger partial charge is 0.246 e. The number of carbonyl (C=O) groups is 2. The first-order valence-corrected chi connectivity index (χ1v) is 23.0. The molecule has 6 heterocycles. The zero-order chi connectivity index (χ0) is 43.7. The van der Waals surface area contributed by atoms with Gasteiger partial charge in [0.15, 0.2) is 16.6 Å². The van der Waals surface area contributed by atoms with Gasteiger partial charge in [-0.05, 0) is 104 Å². The summed E-state index contributed by atoms with van der Waals surface area (Å²) >= 11 is 0. The number of nitrogens with one attached hydrogen (secondary N) is 1. The molecule has 9 rings (SSSR count). The number of piperidine rings is 1. The SMILES string of the molecule is CC1=CC(C)=C2C1=Cc1ccc(CCC(=O)NCCN3CCN(C/C=C/C(=O)N4CCC[C@@H](n5nc(-c6ccc(Oc7ccccc7)cc6)c6c(N)ncnc65)C4)CC3)n1S2(F)F. The number of hydrogen-bond acceptors (Lipinski definition) is 9. The van der Waals surface area contributed by atoms with Crippen LogP contribution in [0.3, 0.4) is 0 Å². The van der Waals surface area contributed by atoms with Crippen LogP contribution in [0.2, 0.25) is 0 Å². The molecule has 0 unspecified atom stereocenters. The summed E-state index contributed by atoms with van der Waals surface area (Å²) in [6.45, 7) is 10.0. The summed E-state index contributed by atoms with van der Waals surface area (Å²) < 4.78 is 40.6. The van der Waals surface area contributed by atoms with Crippen molar-refractivity contribution in [2.45, 2.75) is 45.6 Å². The number of aryl methyl sites for hydroxylation is 1. The zero-order valence-electron chi connectivity index (χ0n) is 35.6. The molecule has 1 atom stereocenters. The topological polar surface area (TPSA) is 140 Å². The fraction of sp³-hybridized carbons (Fsp3) is 0.340. The Morgan fingerprint density at radius 2 is 1.70 bits per heavy atom. The molecule has 4 aliphatic rings. The number of fused-ring (bicyclic) bond motifs is 3. The standard InChI is InChI=1S/C47H52F2N10O3S/c1-32-28-33(2)45-40(32)29-36-15-14-35(59(36)63(45,48)49)16-19-41(60)51-20-23-56-26-24-55(25-27-56)21-7-11-42(61)57-22-6-8-37(30-57)58-47-43(46(50)52-31-53-47)44(54-58)34-12-17-39(18-13-34)62-38-9-4-3-5-10-38/h3-5,7,9-15,17-18,28-29,31,37H,6,8,16,19-27,30H2,1-2H3,(H,51,60)(H2,50,52,53)/b11-7+/t37-/m1/s1. The lowest BCUT2D eigenvalue weighted by Gasteiger charge is -2.34. The van der Waals surface area contributed by atoms with Crippen molar-refractivity contribution >= 4 is 45.7 Å². The van der Waals surface area contributed by atoms with Crippen LogP contribution < -0.4 is 15.8 Å². The van der Waals surface area contributed by atoms with Crippen LogP contribution in [0.15, 0.2) is 113 Å². The second-order valence-corrected chi connectivity index (χ2v) is 18.2. The predicted octanol–water partition coefficient (Wildman–Crippen LogP) is 7.72. The molecule has 1 aliphatic carbocycles. The van der Waals surface area contributed by atoms with Crippen molar-refractivity contribution in [2.75, 3.05) is 64.6 Å². The van der Waals surface area contributed by atoms with E-state index in [-0.39, 0.29) is 35.6 Å². The van der Waals surface area contributed by atoms with E-state index >= 15 is 7.77 Å². The quantitative estimate of drug-likeness (QED) is 0.114. The van der Waals surface area contributed by atoms with Crippen molar-refractivity contribution in [1.82, 2.24) is 43.7 Å². The molecule has 2 saturated heterocycles. The summed E-state index contributed by atoms with van der Waals surface area (Å²) in [6.07, 6.45) is 10.8. The predicted molar refractivity (Wildman–Crippen MR) is 244 cm³/mol. The number of piperazine rings is 1. The number of nitrogen functional groups attached to an aromatic ring is 1. The Hall–Kier alpha value is -6.10. The zero-order valence-corrected chi connectivity index (χ0v) is 36.4. The second kappa shape index (κ2) is 17.9. The lowest BCUT2D eigenvalue weighted by atomic mass is 10.1. The maximum Gasteiger partial charge on any atom is 0.246 e. The number of nitrogens with zero attached hydrogens (tertiary/aromatic N) is 8. The lowest BCUT2D eigenvalue weighted by Crippen LogP contribution is -2.48. The summed E-state index contributed by atoms with van der Waals surface area (Å²) in [5.41, 5.74) is 11.7. The van der Waals surface area contributed by atoms with Gasteiger partial charge in [0.25, 0.3) is 0 Å². The number of ether oxygens (including phenoxy) is 1. The van der Waals surface area contributed by atoms with Crippen LogP contribution in [-0.4, -0.2) is 109 Å². The highest BCUT2D eigenvalue weighted by atomic mass is 32.3. The average Bonchev–Trinajstić information content (AvgIpc) is 3.98. The van der Waals surface area contributed by atoms with E-state index < -0.39 is 11.0 Å². The van der Waals surface area contributed by atoms with Gasteiger partial charge in [-0.15, -0.1) is 7.77 Å². The Morgan fingerprint density at radius 1 is 0.937 bits per heavy atom. The monoisotopic (exact) mass is 874 g/mol. The summed E-state index contributed by atoms with van der Waals surface area (Å²) in [5.74, 6) is 1.64. The number of benzene rings is 2. The number of anilines is 1. The molecule has 2 amide bonds. The molecule has 3 N–H and O–H groups in total. The summed E-state index contributed by atoms with van der Waals surface area (Å²) in [7, 11) is -4.22. The van der Waals surface area contributed by atoms with Crippen LogP contribution in [0.25, 0.3) is 28.4 Å². The van der Waals surface area contributed by atoms with Gasteiger partial charge in [-0.1, -0.05) is 30.4 Å². The molecule has 16 heteroatoms. The van der Waals surface area contributed by atoms with E-state index in [1.54, 1.807) is 25.1 Å². The van der Waals surface area contributed by atoms with Crippen molar-refractivity contribution < 1.29 is 22.1 Å². The molecule has 328 valence electrons. The molecule has 0 spiro atoms. The van der Waals surface area contributed by atoms with E-state index in [4.69, 9.17) is 15.6 Å². The van der Waals surface area contributed by atoms with Crippen molar-refractivity contribution in [3.63, 3.8) is 0 Å². The van der Waals surface area contributed by atoms with Crippen LogP contribution in [0.4, 0.5) is 13.6 Å². The van der Waals surface area contributed by atoms with E-state index in [0.717, 1.165) is 55.9 Å². The number of hydrogen-bond donors (Lipinski definition) is 2. The normalized spacial score (nSPS) is 19.5. The largest absolute Gasteiger partial charge is 0.457 e.